The fourth-order valence-corrected chi connectivity index (χ4v) is 1.45. The second-order valence-corrected chi connectivity index (χ2v) is 5.13. The number of benzene rings is 1. The van der Waals surface area contributed by atoms with Crippen LogP contribution in [0.15, 0.2) is 24.3 Å². The third-order valence-electron chi connectivity index (χ3n) is 2.20. The quantitative estimate of drug-likeness (QED) is 0.877. The highest BCUT2D eigenvalue weighted by molar-refractivity contribution is 5.84. The lowest BCUT2D eigenvalue weighted by Gasteiger charge is -2.20. The summed E-state index contributed by atoms with van der Waals surface area (Å²) < 4.78 is 5.12. The summed E-state index contributed by atoms with van der Waals surface area (Å²) in [6.45, 7) is 5.33. The third kappa shape index (κ3) is 5.40. The van der Waals surface area contributed by atoms with Gasteiger partial charge in [0.15, 0.2) is 0 Å². The maximum Gasteiger partial charge on any atom is 0.412 e. The average Bonchev–Trinajstić information content (AvgIpc) is 2.27. The summed E-state index contributed by atoms with van der Waals surface area (Å²) in [5.74, 6) is 0. The number of carbonyl (C=O) groups is 1. The minimum absolute atomic E-state index is 0.00981. The van der Waals surface area contributed by atoms with Gasteiger partial charge >= 0.3 is 6.09 Å². The van der Waals surface area contributed by atoms with E-state index in [1.54, 1.807) is 45.0 Å². The number of nitriles is 1. The van der Waals surface area contributed by atoms with Gasteiger partial charge in [-0.2, -0.15) is 5.26 Å². The molecule has 1 unspecified atom stereocenters. The lowest BCUT2D eigenvalue weighted by atomic mass is 10.1. The van der Waals surface area contributed by atoms with Gasteiger partial charge in [-0.25, -0.2) is 4.79 Å². The van der Waals surface area contributed by atoms with Gasteiger partial charge in [-0.1, -0.05) is 12.1 Å². The molecule has 2 N–H and O–H groups in total. The molecule has 1 amide bonds. The number of nitrogens with zero attached hydrogens (tertiary/aromatic N) is 1. The predicted molar refractivity (Wildman–Crippen MR) is 71.5 cm³/mol. The summed E-state index contributed by atoms with van der Waals surface area (Å²) in [6.07, 6.45) is -1.40. The van der Waals surface area contributed by atoms with Gasteiger partial charge in [0.1, 0.15) is 5.60 Å². The van der Waals surface area contributed by atoms with Gasteiger partial charge in [0.2, 0.25) is 0 Å². The zero-order valence-electron chi connectivity index (χ0n) is 11.3. The van der Waals surface area contributed by atoms with Crippen molar-refractivity contribution in [3.8, 4) is 6.07 Å². The van der Waals surface area contributed by atoms with Crippen molar-refractivity contribution in [3.63, 3.8) is 0 Å². The van der Waals surface area contributed by atoms with E-state index in [0.29, 0.717) is 11.3 Å². The lowest BCUT2D eigenvalue weighted by Crippen LogP contribution is -2.27. The van der Waals surface area contributed by atoms with E-state index in [4.69, 9.17) is 10.00 Å². The Hall–Kier alpha value is -2.06. The molecule has 0 saturated carbocycles. The van der Waals surface area contributed by atoms with E-state index in [2.05, 4.69) is 5.32 Å². The van der Waals surface area contributed by atoms with Crippen molar-refractivity contribution >= 4 is 11.8 Å². The van der Waals surface area contributed by atoms with Crippen molar-refractivity contribution in [2.24, 2.45) is 0 Å². The van der Waals surface area contributed by atoms with Crippen LogP contribution >= 0.6 is 0 Å². The van der Waals surface area contributed by atoms with E-state index in [1.807, 2.05) is 6.07 Å². The van der Waals surface area contributed by atoms with Crippen LogP contribution in [0.3, 0.4) is 0 Å². The maximum atomic E-state index is 11.6. The second kappa shape index (κ2) is 6.21. The molecule has 1 aromatic carbocycles. The maximum absolute atomic E-state index is 11.6. The Labute approximate surface area is 112 Å². The lowest BCUT2D eigenvalue weighted by molar-refractivity contribution is 0.0636. The molecule has 0 heterocycles. The van der Waals surface area contributed by atoms with Gasteiger partial charge < -0.3 is 9.84 Å². The smallest absolute Gasteiger partial charge is 0.412 e. The van der Waals surface area contributed by atoms with Crippen molar-refractivity contribution in [1.82, 2.24) is 0 Å². The summed E-state index contributed by atoms with van der Waals surface area (Å²) in [4.78, 5) is 11.6. The fraction of sp³-hybridized carbons (Fsp3) is 0.429. The molecular weight excluding hydrogens is 244 g/mol. The number of rotatable bonds is 3. The van der Waals surface area contributed by atoms with Crippen LogP contribution in [0, 0.1) is 11.3 Å². The van der Waals surface area contributed by atoms with Crippen molar-refractivity contribution in [2.75, 3.05) is 5.32 Å². The SMILES string of the molecule is CC(C)(C)OC(=O)Nc1cccc(C(O)CC#N)c1. The Balaban J connectivity index is 2.73. The van der Waals surface area contributed by atoms with Crippen molar-refractivity contribution < 1.29 is 14.6 Å². The highest BCUT2D eigenvalue weighted by Gasteiger charge is 2.16. The average molecular weight is 262 g/mol. The van der Waals surface area contributed by atoms with Crippen LogP contribution in [0.2, 0.25) is 0 Å². The number of aliphatic hydroxyl groups is 1. The van der Waals surface area contributed by atoms with E-state index in [0.717, 1.165) is 0 Å². The first kappa shape index (κ1) is 15.0. The molecule has 0 fully saturated rings. The molecule has 1 atom stereocenters. The van der Waals surface area contributed by atoms with Gasteiger partial charge in [0.05, 0.1) is 18.6 Å². The molecule has 1 rings (SSSR count). The third-order valence-corrected chi connectivity index (χ3v) is 2.20. The molecule has 0 radical (unpaired) electrons. The Morgan fingerprint density at radius 2 is 2.21 bits per heavy atom. The van der Waals surface area contributed by atoms with Crippen LogP contribution < -0.4 is 5.32 Å². The summed E-state index contributed by atoms with van der Waals surface area (Å²) in [7, 11) is 0. The van der Waals surface area contributed by atoms with Crippen LogP contribution in [0.25, 0.3) is 0 Å². The number of carbonyl (C=O) groups excluding carboxylic acids is 1. The molecular formula is C14H18N2O3. The predicted octanol–water partition coefficient (Wildman–Crippen LogP) is 2.98. The Bertz CT molecular complexity index is 486. The number of anilines is 1. The first-order valence-electron chi connectivity index (χ1n) is 5.97. The number of amides is 1. The number of nitrogens with one attached hydrogen (secondary N) is 1. The second-order valence-electron chi connectivity index (χ2n) is 5.13. The van der Waals surface area contributed by atoms with Crippen LogP contribution in [0.1, 0.15) is 38.9 Å². The van der Waals surface area contributed by atoms with E-state index in [1.165, 1.54) is 0 Å². The molecule has 1 aromatic rings. The Morgan fingerprint density at radius 3 is 2.79 bits per heavy atom. The van der Waals surface area contributed by atoms with Gasteiger partial charge in [0.25, 0.3) is 0 Å². The standard InChI is InChI=1S/C14H18N2O3/c1-14(2,3)19-13(18)16-11-6-4-5-10(9-11)12(17)7-8-15/h4-6,9,12,17H,7H2,1-3H3,(H,16,18). The van der Waals surface area contributed by atoms with Crippen LogP contribution in [0.4, 0.5) is 10.5 Å². The van der Waals surface area contributed by atoms with Crippen LogP contribution in [-0.2, 0) is 4.74 Å². The number of hydrogen-bond donors (Lipinski definition) is 2. The first-order chi connectivity index (χ1) is 8.81. The molecule has 19 heavy (non-hydrogen) atoms. The Morgan fingerprint density at radius 1 is 1.53 bits per heavy atom. The summed E-state index contributed by atoms with van der Waals surface area (Å²) in [5, 5.41) is 20.8. The normalized spacial score (nSPS) is 12.4. The van der Waals surface area contributed by atoms with Crippen LogP contribution in [0.5, 0.6) is 0 Å². The number of hydrogen-bond acceptors (Lipinski definition) is 4. The molecule has 0 aliphatic heterocycles. The summed E-state index contributed by atoms with van der Waals surface area (Å²) in [5.41, 5.74) is 0.529. The van der Waals surface area contributed by atoms with Crippen molar-refractivity contribution in [1.29, 1.82) is 5.26 Å². The molecule has 0 aliphatic carbocycles. The van der Waals surface area contributed by atoms with Crippen LogP contribution in [-0.4, -0.2) is 16.8 Å². The summed E-state index contributed by atoms with van der Waals surface area (Å²) in [6, 6.07) is 8.59. The van der Waals surface area contributed by atoms with E-state index >= 15 is 0 Å². The van der Waals surface area contributed by atoms with Gasteiger partial charge in [-0.05, 0) is 38.5 Å². The molecule has 5 nitrogen and oxygen atoms in total. The van der Waals surface area contributed by atoms with Gasteiger partial charge in [-0.15, -0.1) is 0 Å². The fourth-order valence-electron chi connectivity index (χ4n) is 1.45. The topological polar surface area (TPSA) is 82.3 Å². The highest BCUT2D eigenvalue weighted by Crippen LogP contribution is 2.20. The number of aliphatic hydroxyl groups excluding tert-OH is 1. The van der Waals surface area contributed by atoms with Crippen molar-refractivity contribution in [3.05, 3.63) is 29.8 Å². The highest BCUT2D eigenvalue weighted by atomic mass is 16.6. The van der Waals surface area contributed by atoms with E-state index < -0.39 is 17.8 Å². The van der Waals surface area contributed by atoms with E-state index in [-0.39, 0.29) is 6.42 Å². The molecule has 5 heteroatoms. The zero-order valence-corrected chi connectivity index (χ0v) is 11.3. The molecule has 0 bridgehead atoms. The van der Waals surface area contributed by atoms with E-state index in [9.17, 15) is 9.90 Å². The molecule has 0 spiro atoms. The molecule has 102 valence electrons. The summed E-state index contributed by atoms with van der Waals surface area (Å²) >= 11 is 0. The first-order valence-corrected chi connectivity index (χ1v) is 5.97. The Kier molecular flexibility index (Phi) is 4.90. The molecule has 0 aliphatic rings. The largest absolute Gasteiger partial charge is 0.444 e. The van der Waals surface area contributed by atoms with Gasteiger partial charge in [0, 0.05) is 5.69 Å². The minimum Gasteiger partial charge on any atom is -0.444 e. The molecule has 0 aromatic heterocycles. The minimum atomic E-state index is -0.856. The number of ether oxygens (including phenoxy) is 1. The van der Waals surface area contributed by atoms with Gasteiger partial charge in [-0.3, -0.25) is 5.32 Å². The monoisotopic (exact) mass is 262 g/mol. The zero-order chi connectivity index (χ0) is 14.5. The molecule has 0 saturated heterocycles. The van der Waals surface area contributed by atoms with Crippen molar-refractivity contribution in [2.45, 2.75) is 38.9 Å².